The lowest BCUT2D eigenvalue weighted by Crippen LogP contribution is -2.55. The molecule has 2 amide bonds. The van der Waals surface area contributed by atoms with Gasteiger partial charge in [0.2, 0.25) is 0 Å². The fourth-order valence-corrected chi connectivity index (χ4v) is 2.49. The van der Waals surface area contributed by atoms with Crippen LogP contribution in [0.1, 0.15) is 32.1 Å². The molecule has 1 saturated heterocycles. The Labute approximate surface area is 126 Å². The molecule has 21 heavy (non-hydrogen) atoms. The third kappa shape index (κ3) is 5.04. The van der Waals surface area contributed by atoms with E-state index in [0.717, 1.165) is 19.3 Å². The van der Waals surface area contributed by atoms with Crippen molar-refractivity contribution in [3.8, 4) is 0 Å². The Morgan fingerprint density at radius 1 is 1.48 bits per heavy atom. The minimum absolute atomic E-state index is 0.184. The Morgan fingerprint density at radius 3 is 2.81 bits per heavy atom. The highest BCUT2D eigenvalue weighted by Gasteiger charge is 2.37. The van der Waals surface area contributed by atoms with Gasteiger partial charge in [0.1, 0.15) is 6.04 Å². The van der Waals surface area contributed by atoms with E-state index in [4.69, 9.17) is 4.74 Å². The molecule has 1 rings (SSSR count). The summed E-state index contributed by atoms with van der Waals surface area (Å²) in [4.78, 5) is 27.4. The highest BCUT2D eigenvalue weighted by molar-refractivity contribution is 5.83. The van der Waals surface area contributed by atoms with Gasteiger partial charge in [-0.2, -0.15) is 0 Å². The number of aliphatic hydroxyl groups is 1. The first kappa shape index (κ1) is 17.5. The summed E-state index contributed by atoms with van der Waals surface area (Å²) in [5, 5.41) is 9.69. The van der Waals surface area contributed by atoms with Crippen molar-refractivity contribution >= 4 is 12.0 Å². The van der Waals surface area contributed by atoms with E-state index in [0.29, 0.717) is 19.5 Å². The molecule has 2 atom stereocenters. The fraction of sp³-hybridized carbons (Fsp3) is 0.733. The summed E-state index contributed by atoms with van der Waals surface area (Å²) in [6.07, 6.45) is 4.85. The lowest BCUT2D eigenvalue weighted by molar-refractivity contribution is -0.148. The Bertz CT molecular complexity index is 373. The predicted molar refractivity (Wildman–Crippen MR) is 79.8 cm³/mol. The number of urea groups is 1. The molecular weight excluding hydrogens is 272 g/mol. The van der Waals surface area contributed by atoms with E-state index in [1.807, 2.05) is 6.08 Å². The molecule has 6 heteroatoms. The van der Waals surface area contributed by atoms with E-state index >= 15 is 0 Å². The zero-order valence-electron chi connectivity index (χ0n) is 13.0. The largest absolute Gasteiger partial charge is 0.467 e. The van der Waals surface area contributed by atoms with Crippen molar-refractivity contribution in [3.63, 3.8) is 0 Å². The molecule has 0 spiro atoms. The van der Waals surface area contributed by atoms with E-state index in [2.05, 4.69) is 6.58 Å². The number of allylic oxidation sites excluding steroid dienone is 1. The molecule has 0 aromatic carbocycles. The second kappa shape index (κ2) is 8.67. The molecule has 0 aromatic rings. The number of amides is 2. The Morgan fingerprint density at radius 2 is 2.19 bits per heavy atom. The van der Waals surface area contributed by atoms with Gasteiger partial charge >= 0.3 is 12.0 Å². The number of aliphatic hydroxyl groups excluding tert-OH is 1. The van der Waals surface area contributed by atoms with E-state index in [-0.39, 0.29) is 12.5 Å². The molecule has 6 nitrogen and oxygen atoms in total. The van der Waals surface area contributed by atoms with Gasteiger partial charge < -0.3 is 19.6 Å². The van der Waals surface area contributed by atoms with Crippen LogP contribution in [0, 0.1) is 0 Å². The van der Waals surface area contributed by atoms with Crippen molar-refractivity contribution in [2.24, 2.45) is 0 Å². The smallest absolute Gasteiger partial charge is 0.328 e. The quantitative estimate of drug-likeness (QED) is 0.457. The number of hydrogen-bond acceptors (Lipinski definition) is 4. The fourth-order valence-electron chi connectivity index (χ4n) is 2.49. The first-order valence-corrected chi connectivity index (χ1v) is 7.39. The summed E-state index contributed by atoms with van der Waals surface area (Å²) in [5.74, 6) is -0.470. The Balaban J connectivity index is 2.60. The summed E-state index contributed by atoms with van der Waals surface area (Å²) in [6.45, 7) is 4.68. The maximum atomic E-state index is 12.4. The van der Waals surface area contributed by atoms with Crippen molar-refractivity contribution in [2.75, 3.05) is 27.2 Å². The lowest BCUT2D eigenvalue weighted by Gasteiger charge is -2.38. The van der Waals surface area contributed by atoms with Gasteiger partial charge in [0.05, 0.1) is 13.2 Å². The van der Waals surface area contributed by atoms with Crippen LogP contribution in [-0.4, -0.2) is 66.3 Å². The summed E-state index contributed by atoms with van der Waals surface area (Å²) in [7, 11) is 3.03. The third-order valence-corrected chi connectivity index (χ3v) is 3.77. The number of hydrogen-bond donors (Lipinski definition) is 1. The SMILES string of the molecule is C=CCCCCN(C)C(=O)N1CC[C@@H](O)C[C@H]1C(=O)OC. The number of carbonyl (C=O) groups is 2. The standard InChI is InChI=1S/C15H26N2O4/c1-4-5-6-7-9-16(2)15(20)17-10-8-12(18)11-13(17)14(19)21-3/h4,12-13,18H,1,5-11H2,2-3H3/t12-,13+/m1/s1. The predicted octanol–water partition coefficient (Wildman–Crippen LogP) is 1.39. The van der Waals surface area contributed by atoms with Crippen LogP contribution in [-0.2, 0) is 9.53 Å². The first-order valence-electron chi connectivity index (χ1n) is 7.39. The molecule has 1 aliphatic heterocycles. The number of esters is 1. The summed E-state index contributed by atoms with van der Waals surface area (Å²) >= 11 is 0. The van der Waals surface area contributed by atoms with Gasteiger partial charge in [-0.25, -0.2) is 9.59 Å². The Hall–Kier alpha value is -1.56. The minimum Gasteiger partial charge on any atom is -0.467 e. The second-order valence-electron chi connectivity index (χ2n) is 5.40. The number of ether oxygens (including phenoxy) is 1. The number of rotatable bonds is 6. The maximum Gasteiger partial charge on any atom is 0.328 e. The van der Waals surface area contributed by atoms with Crippen LogP contribution in [0.2, 0.25) is 0 Å². The zero-order chi connectivity index (χ0) is 15.8. The van der Waals surface area contributed by atoms with Crippen molar-refractivity contribution in [1.82, 2.24) is 9.80 Å². The van der Waals surface area contributed by atoms with Crippen LogP contribution in [0.25, 0.3) is 0 Å². The van der Waals surface area contributed by atoms with E-state index in [1.54, 1.807) is 11.9 Å². The van der Waals surface area contributed by atoms with Gasteiger partial charge in [-0.1, -0.05) is 6.08 Å². The van der Waals surface area contributed by atoms with Crippen LogP contribution >= 0.6 is 0 Å². The van der Waals surface area contributed by atoms with Crippen molar-refractivity contribution in [1.29, 1.82) is 0 Å². The summed E-state index contributed by atoms with van der Waals surface area (Å²) < 4.78 is 4.74. The van der Waals surface area contributed by atoms with Crippen LogP contribution in [0.4, 0.5) is 4.79 Å². The lowest BCUT2D eigenvalue weighted by atomic mass is 10.00. The number of methoxy groups -OCH3 is 1. The topological polar surface area (TPSA) is 70.1 Å². The molecule has 1 N–H and O–H groups in total. The number of carbonyl (C=O) groups excluding carboxylic acids is 2. The van der Waals surface area contributed by atoms with Crippen LogP contribution < -0.4 is 0 Å². The second-order valence-corrected chi connectivity index (χ2v) is 5.40. The van der Waals surface area contributed by atoms with Crippen molar-refractivity contribution < 1.29 is 19.4 Å². The van der Waals surface area contributed by atoms with E-state index < -0.39 is 18.1 Å². The highest BCUT2D eigenvalue weighted by atomic mass is 16.5. The van der Waals surface area contributed by atoms with Gasteiger partial charge in [0, 0.05) is 26.6 Å². The number of piperidine rings is 1. The van der Waals surface area contributed by atoms with Gasteiger partial charge in [-0.05, 0) is 25.7 Å². The average molecular weight is 298 g/mol. The monoisotopic (exact) mass is 298 g/mol. The minimum atomic E-state index is -0.693. The number of likely N-dealkylation sites (tertiary alicyclic amines) is 1. The van der Waals surface area contributed by atoms with Crippen LogP contribution in [0.5, 0.6) is 0 Å². The average Bonchev–Trinajstić information content (AvgIpc) is 2.49. The van der Waals surface area contributed by atoms with E-state index in [9.17, 15) is 14.7 Å². The molecule has 1 aliphatic rings. The van der Waals surface area contributed by atoms with Gasteiger partial charge in [-0.15, -0.1) is 6.58 Å². The zero-order valence-corrected chi connectivity index (χ0v) is 13.0. The first-order chi connectivity index (χ1) is 10.0. The maximum absolute atomic E-state index is 12.4. The van der Waals surface area contributed by atoms with E-state index in [1.165, 1.54) is 12.0 Å². The molecule has 0 radical (unpaired) electrons. The molecular formula is C15H26N2O4. The van der Waals surface area contributed by atoms with Crippen molar-refractivity contribution in [2.45, 2.75) is 44.2 Å². The molecule has 0 aliphatic carbocycles. The molecule has 1 heterocycles. The number of unbranched alkanes of at least 4 members (excludes halogenated alkanes) is 2. The summed E-state index contributed by atoms with van der Waals surface area (Å²) in [5.41, 5.74) is 0. The van der Waals surface area contributed by atoms with Gasteiger partial charge in [0.25, 0.3) is 0 Å². The molecule has 0 aromatic heterocycles. The van der Waals surface area contributed by atoms with Gasteiger partial charge in [-0.3, -0.25) is 0 Å². The highest BCUT2D eigenvalue weighted by Crippen LogP contribution is 2.20. The molecule has 0 unspecified atom stereocenters. The normalized spacial score (nSPS) is 21.8. The van der Waals surface area contributed by atoms with Crippen LogP contribution in [0.15, 0.2) is 12.7 Å². The molecule has 0 saturated carbocycles. The number of nitrogens with zero attached hydrogens (tertiary/aromatic N) is 2. The van der Waals surface area contributed by atoms with Crippen LogP contribution in [0.3, 0.4) is 0 Å². The Kier molecular flexibility index (Phi) is 7.22. The molecule has 1 fully saturated rings. The third-order valence-electron chi connectivity index (χ3n) is 3.77. The molecule has 120 valence electrons. The molecule has 0 bridgehead atoms. The van der Waals surface area contributed by atoms with Gasteiger partial charge in [0.15, 0.2) is 0 Å². The summed E-state index contributed by atoms with van der Waals surface area (Å²) in [6, 6.07) is -0.877. The van der Waals surface area contributed by atoms with Crippen molar-refractivity contribution in [3.05, 3.63) is 12.7 Å².